The lowest BCUT2D eigenvalue weighted by Gasteiger charge is -2.13. The number of rotatable bonds is 4. The van der Waals surface area contributed by atoms with Gasteiger partial charge < -0.3 is 9.15 Å². The third kappa shape index (κ3) is 2.64. The van der Waals surface area contributed by atoms with Gasteiger partial charge in [-0.3, -0.25) is 0 Å². The molecular weight excluding hydrogens is 264 g/mol. The van der Waals surface area contributed by atoms with E-state index in [1.54, 1.807) is 0 Å². The average molecular weight is 280 g/mol. The predicted octanol–water partition coefficient (Wildman–Crippen LogP) is 2.55. The summed E-state index contributed by atoms with van der Waals surface area (Å²) < 4.78 is 12.0. The standard InChI is InChI=1S/C13H16N2O3S/c1-9(7-10-4-5-17-8-10)15-13(16)18-12(14-15)11-3-2-6-19-11/h2-3,6,9-10H,4-5,7-8H2,1H3. The van der Waals surface area contributed by atoms with E-state index in [9.17, 15) is 4.79 Å². The van der Waals surface area contributed by atoms with Crippen LogP contribution in [0.2, 0.25) is 0 Å². The molecule has 1 saturated heterocycles. The molecule has 19 heavy (non-hydrogen) atoms. The molecule has 1 aliphatic rings. The third-order valence-corrected chi connectivity index (χ3v) is 4.28. The molecule has 2 atom stereocenters. The third-order valence-electron chi connectivity index (χ3n) is 3.42. The summed E-state index contributed by atoms with van der Waals surface area (Å²) in [6.07, 6.45) is 1.96. The maximum atomic E-state index is 11.9. The quantitative estimate of drug-likeness (QED) is 0.863. The maximum absolute atomic E-state index is 11.9. The van der Waals surface area contributed by atoms with Gasteiger partial charge in [-0.1, -0.05) is 6.07 Å². The molecule has 3 heterocycles. The van der Waals surface area contributed by atoms with E-state index in [1.807, 2.05) is 24.4 Å². The minimum atomic E-state index is -0.380. The van der Waals surface area contributed by atoms with E-state index in [1.165, 1.54) is 16.0 Å². The molecule has 0 N–H and O–H groups in total. The topological polar surface area (TPSA) is 57.3 Å². The highest BCUT2D eigenvalue weighted by atomic mass is 32.1. The summed E-state index contributed by atoms with van der Waals surface area (Å²) in [6, 6.07) is 3.85. The van der Waals surface area contributed by atoms with Crippen molar-refractivity contribution >= 4 is 11.3 Å². The number of ether oxygens (including phenoxy) is 1. The van der Waals surface area contributed by atoms with Gasteiger partial charge in [0.15, 0.2) is 0 Å². The van der Waals surface area contributed by atoms with Gasteiger partial charge in [-0.15, -0.1) is 16.4 Å². The van der Waals surface area contributed by atoms with E-state index in [2.05, 4.69) is 5.10 Å². The van der Waals surface area contributed by atoms with Crippen molar-refractivity contribution < 1.29 is 9.15 Å². The van der Waals surface area contributed by atoms with E-state index in [0.29, 0.717) is 11.8 Å². The molecule has 102 valence electrons. The summed E-state index contributed by atoms with van der Waals surface area (Å²) in [5.41, 5.74) is 0. The highest BCUT2D eigenvalue weighted by Gasteiger charge is 2.22. The molecule has 3 rings (SSSR count). The van der Waals surface area contributed by atoms with Crippen LogP contribution in [0.15, 0.2) is 26.7 Å². The summed E-state index contributed by atoms with van der Waals surface area (Å²) in [7, 11) is 0. The Kier molecular flexibility index (Phi) is 3.52. The molecule has 0 bridgehead atoms. The summed E-state index contributed by atoms with van der Waals surface area (Å²) in [5, 5.41) is 6.24. The Morgan fingerprint density at radius 3 is 3.21 bits per heavy atom. The van der Waals surface area contributed by atoms with Crippen molar-refractivity contribution in [3.63, 3.8) is 0 Å². The maximum Gasteiger partial charge on any atom is 0.437 e. The minimum absolute atomic E-state index is 0.0386. The zero-order valence-corrected chi connectivity index (χ0v) is 11.6. The van der Waals surface area contributed by atoms with Crippen molar-refractivity contribution in [3.8, 4) is 10.8 Å². The molecule has 0 radical (unpaired) electrons. The zero-order chi connectivity index (χ0) is 13.2. The van der Waals surface area contributed by atoms with Gasteiger partial charge in [-0.2, -0.15) is 4.68 Å². The van der Waals surface area contributed by atoms with E-state index < -0.39 is 0 Å². The van der Waals surface area contributed by atoms with Crippen molar-refractivity contribution in [2.45, 2.75) is 25.8 Å². The van der Waals surface area contributed by atoms with Crippen LogP contribution in [0.3, 0.4) is 0 Å². The highest BCUT2D eigenvalue weighted by Crippen LogP contribution is 2.25. The Bertz CT molecular complexity index is 581. The lowest BCUT2D eigenvalue weighted by atomic mass is 10.0. The number of nitrogens with zero attached hydrogens (tertiary/aromatic N) is 2. The number of aromatic nitrogens is 2. The molecule has 5 nitrogen and oxygen atoms in total. The van der Waals surface area contributed by atoms with Gasteiger partial charge in [-0.25, -0.2) is 4.79 Å². The second kappa shape index (κ2) is 5.30. The Labute approximate surface area is 114 Å². The minimum Gasteiger partial charge on any atom is -0.387 e. The van der Waals surface area contributed by atoms with Crippen LogP contribution in [0.1, 0.15) is 25.8 Å². The summed E-state index contributed by atoms with van der Waals surface area (Å²) >= 11 is 1.51. The number of hydrogen-bond donors (Lipinski definition) is 0. The lowest BCUT2D eigenvalue weighted by molar-refractivity contribution is 0.179. The highest BCUT2D eigenvalue weighted by molar-refractivity contribution is 7.13. The normalized spacial score (nSPS) is 20.8. The van der Waals surface area contributed by atoms with E-state index in [-0.39, 0.29) is 11.8 Å². The predicted molar refractivity (Wildman–Crippen MR) is 72.3 cm³/mol. The van der Waals surface area contributed by atoms with Gasteiger partial charge in [0.05, 0.1) is 10.9 Å². The van der Waals surface area contributed by atoms with Crippen LogP contribution < -0.4 is 5.76 Å². The first-order chi connectivity index (χ1) is 9.24. The lowest BCUT2D eigenvalue weighted by Crippen LogP contribution is -2.22. The summed E-state index contributed by atoms with van der Waals surface area (Å²) in [4.78, 5) is 12.7. The molecule has 6 heteroatoms. The van der Waals surface area contributed by atoms with Crippen LogP contribution in [0.4, 0.5) is 0 Å². The molecule has 0 aromatic carbocycles. The summed E-state index contributed by atoms with van der Waals surface area (Å²) in [5.74, 6) is 0.549. The monoisotopic (exact) mass is 280 g/mol. The first-order valence-electron chi connectivity index (χ1n) is 6.45. The van der Waals surface area contributed by atoms with Gasteiger partial charge in [0, 0.05) is 13.2 Å². The van der Waals surface area contributed by atoms with Gasteiger partial charge in [-0.05, 0) is 37.1 Å². The van der Waals surface area contributed by atoms with Gasteiger partial charge in [0.1, 0.15) is 0 Å². The molecule has 1 aliphatic heterocycles. The van der Waals surface area contributed by atoms with Crippen LogP contribution in [0.5, 0.6) is 0 Å². The number of hydrogen-bond acceptors (Lipinski definition) is 5. The van der Waals surface area contributed by atoms with Crippen molar-refractivity contribution in [2.24, 2.45) is 5.92 Å². The molecule has 1 fully saturated rings. The zero-order valence-electron chi connectivity index (χ0n) is 10.7. The van der Waals surface area contributed by atoms with Crippen molar-refractivity contribution in [3.05, 3.63) is 28.1 Å². The summed E-state index contributed by atoms with van der Waals surface area (Å²) in [6.45, 7) is 3.61. The second-order valence-corrected chi connectivity index (χ2v) is 5.86. The Balaban J connectivity index is 1.78. The largest absolute Gasteiger partial charge is 0.437 e. The van der Waals surface area contributed by atoms with Gasteiger partial charge in [0.25, 0.3) is 5.89 Å². The molecule has 0 saturated carbocycles. The second-order valence-electron chi connectivity index (χ2n) is 4.91. The molecule has 0 amide bonds. The molecule has 2 aromatic heterocycles. The van der Waals surface area contributed by atoms with E-state index in [0.717, 1.165) is 30.9 Å². The van der Waals surface area contributed by atoms with Crippen LogP contribution in [0.25, 0.3) is 10.8 Å². The molecule has 0 spiro atoms. The van der Waals surface area contributed by atoms with Gasteiger partial charge >= 0.3 is 5.76 Å². The fourth-order valence-corrected chi connectivity index (χ4v) is 3.06. The Morgan fingerprint density at radius 1 is 1.63 bits per heavy atom. The van der Waals surface area contributed by atoms with Crippen LogP contribution in [-0.4, -0.2) is 23.0 Å². The Hall–Kier alpha value is -1.40. The fraction of sp³-hybridized carbons (Fsp3) is 0.538. The van der Waals surface area contributed by atoms with Crippen LogP contribution >= 0.6 is 11.3 Å². The van der Waals surface area contributed by atoms with Crippen molar-refractivity contribution in [1.82, 2.24) is 9.78 Å². The van der Waals surface area contributed by atoms with Crippen molar-refractivity contribution in [1.29, 1.82) is 0 Å². The van der Waals surface area contributed by atoms with Crippen LogP contribution in [0, 0.1) is 5.92 Å². The first-order valence-corrected chi connectivity index (χ1v) is 7.33. The fourth-order valence-electron chi connectivity index (χ4n) is 2.42. The molecule has 0 aliphatic carbocycles. The van der Waals surface area contributed by atoms with E-state index in [4.69, 9.17) is 9.15 Å². The van der Waals surface area contributed by atoms with Crippen LogP contribution in [-0.2, 0) is 4.74 Å². The SMILES string of the molecule is CC(CC1CCOC1)n1nc(-c2cccs2)oc1=O. The Morgan fingerprint density at radius 2 is 2.53 bits per heavy atom. The molecule has 2 aromatic rings. The molecule has 2 unspecified atom stereocenters. The smallest absolute Gasteiger partial charge is 0.387 e. The van der Waals surface area contributed by atoms with Gasteiger partial charge in [0.2, 0.25) is 0 Å². The first kappa shape index (κ1) is 12.6. The number of thiophene rings is 1. The van der Waals surface area contributed by atoms with E-state index >= 15 is 0 Å². The molecular formula is C13H16N2O3S. The van der Waals surface area contributed by atoms with Crippen molar-refractivity contribution in [2.75, 3.05) is 13.2 Å². The average Bonchev–Trinajstić information content (AvgIpc) is 3.07.